The van der Waals surface area contributed by atoms with Crippen LogP contribution in [0.15, 0.2) is 133 Å². The van der Waals surface area contributed by atoms with Crippen LogP contribution in [0.2, 0.25) is 0 Å². The number of hydrogen-bond donors (Lipinski definition) is 1. The van der Waals surface area contributed by atoms with Crippen LogP contribution in [-0.2, 0) is 5.41 Å². The molecule has 1 aromatic heterocycles. The van der Waals surface area contributed by atoms with E-state index >= 15 is 0 Å². The van der Waals surface area contributed by atoms with Crippen molar-refractivity contribution in [2.45, 2.75) is 5.41 Å². The minimum Gasteiger partial charge on any atom is -0.354 e. The van der Waals surface area contributed by atoms with Crippen LogP contribution in [0.4, 0.5) is 0 Å². The van der Waals surface area contributed by atoms with Crippen molar-refractivity contribution < 1.29 is 0 Å². The molecule has 0 fully saturated rings. The van der Waals surface area contributed by atoms with Gasteiger partial charge >= 0.3 is 0 Å². The summed E-state index contributed by atoms with van der Waals surface area (Å²) in [7, 11) is 0. The summed E-state index contributed by atoms with van der Waals surface area (Å²) in [6, 6.07) is 48.7. The quantitative estimate of drug-likeness (QED) is 0.250. The van der Waals surface area contributed by atoms with Crippen molar-refractivity contribution in [3.8, 4) is 11.3 Å². The first-order chi connectivity index (χ1) is 17.9. The molecular formula is C35H23N. The molecule has 7 aromatic rings. The Morgan fingerprint density at radius 2 is 0.944 bits per heavy atom. The molecule has 6 aromatic carbocycles. The fraction of sp³-hybridized carbons (Fsp3) is 0.0286. The van der Waals surface area contributed by atoms with E-state index in [-0.39, 0.29) is 0 Å². The van der Waals surface area contributed by atoms with Crippen molar-refractivity contribution in [3.63, 3.8) is 0 Å². The summed E-state index contributed by atoms with van der Waals surface area (Å²) in [5, 5.41) is 6.48. The summed E-state index contributed by atoms with van der Waals surface area (Å²) in [6.07, 6.45) is 0. The zero-order valence-corrected chi connectivity index (χ0v) is 19.7. The lowest BCUT2D eigenvalue weighted by Crippen LogP contribution is -2.28. The van der Waals surface area contributed by atoms with E-state index < -0.39 is 5.41 Å². The Labute approximate surface area is 209 Å². The molecule has 0 unspecified atom stereocenters. The highest BCUT2D eigenvalue weighted by atomic mass is 14.8. The minimum absolute atomic E-state index is 0.419. The van der Waals surface area contributed by atoms with Crippen LogP contribution in [0.5, 0.6) is 0 Å². The molecule has 0 amide bonds. The van der Waals surface area contributed by atoms with Gasteiger partial charge in [0.1, 0.15) is 0 Å². The third-order valence-electron chi connectivity index (χ3n) is 8.07. The van der Waals surface area contributed by atoms with Crippen molar-refractivity contribution in [3.05, 3.63) is 156 Å². The Balaban J connectivity index is 1.69. The normalized spacial score (nSPS) is 13.8. The molecule has 1 heteroatoms. The first-order valence-electron chi connectivity index (χ1n) is 12.6. The lowest BCUT2D eigenvalue weighted by Gasteiger charge is -2.34. The summed E-state index contributed by atoms with van der Waals surface area (Å²) in [6.45, 7) is 0. The Kier molecular flexibility index (Phi) is 3.93. The highest BCUT2D eigenvalue weighted by Gasteiger charge is 2.48. The number of aromatic nitrogens is 1. The van der Waals surface area contributed by atoms with Gasteiger partial charge in [-0.25, -0.2) is 0 Å². The van der Waals surface area contributed by atoms with Crippen LogP contribution in [0.25, 0.3) is 43.7 Å². The Morgan fingerprint density at radius 3 is 1.61 bits per heavy atom. The average molecular weight is 458 g/mol. The number of benzene rings is 6. The zero-order valence-electron chi connectivity index (χ0n) is 19.7. The number of nitrogens with one attached hydrogen (secondary N) is 1. The molecule has 1 N–H and O–H groups in total. The van der Waals surface area contributed by atoms with Crippen molar-refractivity contribution in [2.24, 2.45) is 0 Å². The number of aromatic amines is 1. The van der Waals surface area contributed by atoms with Gasteiger partial charge in [-0.05, 0) is 32.8 Å². The summed E-state index contributed by atoms with van der Waals surface area (Å²) in [5.74, 6) is 0. The Hall–Kier alpha value is -4.62. The number of fused-ring (bicyclic) bond motifs is 10. The molecule has 0 saturated carbocycles. The largest absolute Gasteiger partial charge is 0.354 e. The van der Waals surface area contributed by atoms with E-state index in [1.165, 1.54) is 66.0 Å². The number of H-pyrrole nitrogens is 1. The van der Waals surface area contributed by atoms with Gasteiger partial charge in [-0.3, -0.25) is 0 Å². The van der Waals surface area contributed by atoms with Crippen LogP contribution < -0.4 is 0 Å². The van der Waals surface area contributed by atoms with Crippen molar-refractivity contribution >= 4 is 32.4 Å². The van der Waals surface area contributed by atoms with E-state index in [0.717, 1.165) is 0 Å². The molecule has 0 spiro atoms. The second-order valence-corrected chi connectivity index (χ2v) is 9.74. The third kappa shape index (κ3) is 2.35. The predicted molar refractivity (Wildman–Crippen MR) is 151 cm³/mol. The second kappa shape index (κ2) is 7.19. The number of hydrogen-bond acceptors (Lipinski definition) is 0. The zero-order chi connectivity index (χ0) is 23.7. The molecule has 1 aliphatic rings. The first-order valence-corrected chi connectivity index (χ1v) is 12.6. The van der Waals surface area contributed by atoms with Crippen molar-refractivity contribution in [1.82, 2.24) is 4.98 Å². The van der Waals surface area contributed by atoms with Gasteiger partial charge in [0.2, 0.25) is 0 Å². The van der Waals surface area contributed by atoms with E-state index in [2.05, 4.69) is 138 Å². The van der Waals surface area contributed by atoms with Gasteiger partial charge in [-0.1, -0.05) is 133 Å². The molecule has 36 heavy (non-hydrogen) atoms. The van der Waals surface area contributed by atoms with Crippen LogP contribution >= 0.6 is 0 Å². The van der Waals surface area contributed by atoms with Crippen LogP contribution in [-0.4, -0.2) is 4.98 Å². The standard InChI is InChI=1S/C35H23N/c1-3-13-23(14-4-1)35(24-15-5-2-6-16-24)30-22-12-11-21-29(30)34-32(35)31-27-19-9-7-17-25(27)26-18-8-10-20-28(26)33(31)36-34/h1-22,36H. The van der Waals surface area contributed by atoms with Gasteiger partial charge < -0.3 is 4.98 Å². The van der Waals surface area contributed by atoms with Crippen molar-refractivity contribution in [2.75, 3.05) is 0 Å². The molecule has 0 radical (unpaired) electrons. The maximum atomic E-state index is 3.96. The van der Waals surface area contributed by atoms with Gasteiger partial charge in [-0.2, -0.15) is 0 Å². The number of rotatable bonds is 2. The van der Waals surface area contributed by atoms with Crippen LogP contribution in [0.3, 0.4) is 0 Å². The van der Waals surface area contributed by atoms with Gasteiger partial charge in [0.25, 0.3) is 0 Å². The maximum Gasteiger partial charge on any atom is 0.0735 e. The van der Waals surface area contributed by atoms with Crippen LogP contribution in [0.1, 0.15) is 22.3 Å². The SMILES string of the molecule is c1ccc(C2(c3ccccc3)c3ccccc3-c3[nH]c4c5ccccc5c5ccccc5c4c32)cc1. The average Bonchev–Trinajstić information content (AvgIpc) is 3.49. The van der Waals surface area contributed by atoms with Crippen LogP contribution in [0, 0.1) is 0 Å². The molecule has 1 aliphatic carbocycles. The lowest BCUT2D eigenvalue weighted by atomic mass is 9.67. The van der Waals surface area contributed by atoms with Gasteiger partial charge in [0.15, 0.2) is 0 Å². The highest BCUT2D eigenvalue weighted by Crippen LogP contribution is 2.59. The van der Waals surface area contributed by atoms with E-state index in [1.807, 2.05) is 0 Å². The lowest BCUT2D eigenvalue weighted by molar-refractivity contribution is 0.776. The monoisotopic (exact) mass is 457 g/mol. The van der Waals surface area contributed by atoms with Crippen molar-refractivity contribution in [1.29, 1.82) is 0 Å². The molecule has 0 bridgehead atoms. The van der Waals surface area contributed by atoms with Gasteiger partial charge in [0, 0.05) is 21.9 Å². The summed E-state index contributed by atoms with van der Waals surface area (Å²) >= 11 is 0. The fourth-order valence-electron chi connectivity index (χ4n) is 6.73. The summed E-state index contributed by atoms with van der Waals surface area (Å²) < 4.78 is 0. The molecule has 0 aliphatic heterocycles. The van der Waals surface area contributed by atoms with Gasteiger partial charge in [0.05, 0.1) is 16.6 Å². The first kappa shape index (κ1) is 19.7. The molecule has 168 valence electrons. The fourth-order valence-corrected chi connectivity index (χ4v) is 6.73. The van der Waals surface area contributed by atoms with E-state index in [0.29, 0.717) is 0 Å². The summed E-state index contributed by atoms with van der Waals surface area (Å²) in [5.41, 5.74) is 8.60. The molecule has 1 nitrogen and oxygen atoms in total. The van der Waals surface area contributed by atoms with E-state index in [1.54, 1.807) is 0 Å². The van der Waals surface area contributed by atoms with Gasteiger partial charge in [-0.15, -0.1) is 0 Å². The highest BCUT2D eigenvalue weighted by molar-refractivity contribution is 6.27. The molecule has 0 saturated heterocycles. The molecule has 0 atom stereocenters. The maximum absolute atomic E-state index is 3.96. The summed E-state index contributed by atoms with van der Waals surface area (Å²) in [4.78, 5) is 3.96. The minimum atomic E-state index is -0.419. The molecule has 8 rings (SSSR count). The Morgan fingerprint density at radius 1 is 0.444 bits per heavy atom. The van der Waals surface area contributed by atoms with E-state index in [4.69, 9.17) is 0 Å². The predicted octanol–water partition coefficient (Wildman–Crippen LogP) is 8.84. The van der Waals surface area contributed by atoms with E-state index in [9.17, 15) is 0 Å². The Bertz CT molecular complexity index is 1890. The molecule has 1 heterocycles. The third-order valence-corrected chi connectivity index (χ3v) is 8.07. The second-order valence-electron chi connectivity index (χ2n) is 9.74. The topological polar surface area (TPSA) is 15.8 Å². The smallest absolute Gasteiger partial charge is 0.0735 e. The molecular weight excluding hydrogens is 434 g/mol.